The third kappa shape index (κ3) is 3.78. The molecule has 0 spiro atoms. The van der Waals surface area contributed by atoms with E-state index in [0.717, 1.165) is 11.1 Å². The number of benzene rings is 1. The maximum Gasteiger partial charge on any atom is 0.0681 e. The van der Waals surface area contributed by atoms with E-state index in [1.54, 1.807) is 10.9 Å². The molecule has 1 heterocycles. The van der Waals surface area contributed by atoms with E-state index in [1.807, 2.05) is 36.5 Å². The summed E-state index contributed by atoms with van der Waals surface area (Å²) in [4.78, 5) is 0. The molecule has 5 heteroatoms. The molecule has 0 aliphatic rings. The molecule has 4 nitrogen and oxygen atoms in total. The molecule has 1 atom stereocenters. The summed E-state index contributed by atoms with van der Waals surface area (Å²) in [6.45, 7) is 0.719. The summed E-state index contributed by atoms with van der Waals surface area (Å²) < 4.78 is 13.7. The quantitative estimate of drug-likeness (QED) is 0.856. The SMILES string of the molecule is O=S(CCn1cccn1)Cc1ccc(CO)cc1. The Labute approximate surface area is 109 Å². The van der Waals surface area contributed by atoms with Gasteiger partial charge in [0.05, 0.1) is 13.2 Å². The number of hydrogen-bond donors (Lipinski definition) is 1. The average Bonchev–Trinajstić information content (AvgIpc) is 2.90. The van der Waals surface area contributed by atoms with Gasteiger partial charge in [-0.1, -0.05) is 24.3 Å². The van der Waals surface area contributed by atoms with E-state index in [-0.39, 0.29) is 6.61 Å². The number of aryl methyl sites for hydroxylation is 1. The van der Waals surface area contributed by atoms with Crippen molar-refractivity contribution in [2.45, 2.75) is 18.9 Å². The van der Waals surface area contributed by atoms with E-state index >= 15 is 0 Å². The summed E-state index contributed by atoms with van der Waals surface area (Å²) in [6, 6.07) is 9.41. The third-order valence-corrected chi connectivity index (χ3v) is 3.93. The number of aliphatic hydroxyl groups is 1. The van der Waals surface area contributed by atoms with Crippen LogP contribution >= 0.6 is 0 Å². The first-order chi connectivity index (χ1) is 8.78. The van der Waals surface area contributed by atoms with Gasteiger partial charge in [-0.2, -0.15) is 5.10 Å². The molecule has 0 fully saturated rings. The Bertz CT molecular complexity index is 494. The van der Waals surface area contributed by atoms with E-state index < -0.39 is 10.8 Å². The lowest BCUT2D eigenvalue weighted by Crippen LogP contribution is -2.09. The standard InChI is InChI=1S/C13H16N2O2S/c16-10-12-2-4-13(5-3-12)11-18(17)9-8-15-7-1-6-14-15/h1-7,16H,8-11H2. The van der Waals surface area contributed by atoms with Crippen molar-refractivity contribution in [2.75, 3.05) is 5.75 Å². The molecule has 0 amide bonds. The molecule has 1 N–H and O–H groups in total. The Morgan fingerprint density at radius 1 is 1.22 bits per heavy atom. The van der Waals surface area contributed by atoms with Gasteiger partial charge in [0, 0.05) is 34.7 Å². The molecule has 0 aliphatic carbocycles. The van der Waals surface area contributed by atoms with Gasteiger partial charge >= 0.3 is 0 Å². The maximum atomic E-state index is 11.9. The largest absolute Gasteiger partial charge is 0.392 e. The topological polar surface area (TPSA) is 55.1 Å². The van der Waals surface area contributed by atoms with Crippen molar-refractivity contribution in [2.24, 2.45) is 0 Å². The van der Waals surface area contributed by atoms with Crippen LogP contribution in [0.5, 0.6) is 0 Å². The second-order valence-electron chi connectivity index (χ2n) is 4.03. The fourth-order valence-electron chi connectivity index (χ4n) is 1.63. The lowest BCUT2D eigenvalue weighted by atomic mass is 10.2. The molecule has 1 aromatic heterocycles. The monoisotopic (exact) mass is 264 g/mol. The van der Waals surface area contributed by atoms with Crippen LogP contribution in [0.3, 0.4) is 0 Å². The molecule has 1 aromatic carbocycles. The van der Waals surface area contributed by atoms with Crippen LogP contribution in [-0.4, -0.2) is 24.8 Å². The van der Waals surface area contributed by atoms with Gasteiger partial charge in [0.15, 0.2) is 0 Å². The molecular formula is C13H16N2O2S. The molecule has 2 aromatic rings. The Kier molecular flexibility index (Phi) is 4.66. The second-order valence-corrected chi connectivity index (χ2v) is 5.61. The van der Waals surface area contributed by atoms with Crippen molar-refractivity contribution >= 4 is 10.8 Å². The first kappa shape index (κ1) is 13.0. The van der Waals surface area contributed by atoms with Crippen LogP contribution in [0.2, 0.25) is 0 Å². The smallest absolute Gasteiger partial charge is 0.0681 e. The number of rotatable bonds is 6. The van der Waals surface area contributed by atoms with Crippen LogP contribution in [0.15, 0.2) is 42.7 Å². The fourth-order valence-corrected chi connectivity index (χ4v) is 2.73. The van der Waals surface area contributed by atoms with Gasteiger partial charge in [-0.05, 0) is 17.2 Å². The summed E-state index contributed by atoms with van der Waals surface area (Å²) in [5.41, 5.74) is 1.91. The van der Waals surface area contributed by atoms with Crippen LogP contribution in [-0.2, 0) is 29.7 Å². The molecule has 96 valence electrons. The van der Waals surface area contributed by atoms with Gasteiger partial charge in [0.2, 0.25) is 0 Å². The van der Waals surface area contributed by atoms with Crippen LogP contribution in [0.4, 0.5) is 0 Å². The molecule has 0 saturated carbocycles. The van der Waals surface area contributed by atoms with E-state index in [2.05, 4.69) is 5.10 Å². The molecule has 1 unspecified atom stereocenters. The zero-order valence-electron chi connectivity index (χ0n) is 10.0. The highest BCUT2D eigenvalue weighted by Gasteiger charge is 2.03. The molecule has 0 radical (unpaired) electrons. The van der Waals surface area contributed by atoms with E-state index in [9.17, 15) is 4.21 Å². The van der Waals surface area contributed by atoms with Crippen molar-refractivity contribution in [3.63, 3.8) is 0 Å². The fraction of sp³-hybridized carbons (Fsp3) is 0.308. The average molecular weight is 264 g/mol. The van der Waals surface area contributed by atoms with E-state index in [0.29, 0.717) is 18.1 Å². The number of aliphatic hydroxyl groups excluding tert-OH is 1. The zero-order valence-corrected chi connectivity index (χ0v) is 10.8. The van der Waals surface area contributed by atoms with Crippen molar-refractivity contribution in [3.8, 4) is 0 Å². The Morgan fingerprint density at radius 2 is 1.94 bits per heavy atom. The minimum absolute atomic E-state index is 0.0443. The number of nitrogens with zero attached hydrogens (tertiary/aromatic N) is 2. The highest BCUT2D eigenvalue weighted by molar-refractivity contribution is 7.84. The van der Waals surface area contributed by atoms with Crippen molar-refractivity contribution in [1.82, 2.24) is 9.78 Å². The second kappa shape index (κ2) is 6.47. The number of hydrogen-bond acceptors (Lipinski definition) is 3. The Balaban J connectivity index is 1.83. The van der Waals surface area contributed by atoms with Gasteiger partial charge in [-0.3, -0.25) is 8.89 Å². The normalized spacial score (nSPS) is 12.5. The molecule has 0 aliphatic heterocycles. The van der Waals surface area contributed by atoms with Crippen molar-refractivity contribution in [3.05, 3.63) is 53.9 Å². The molecular weight excluding hydrogens is 248 g/mol. The summed E-state index contributed by atoms with van der Waals surface area (Å²) in [7, 11) is -0.888. The van der Waals surface area contributed by atoms with Crippen LogP contribution in [0, 0.1) is 0 Å². The molecule has 0 bridgehead atoms. The summed E-state index contributed by atoms with van der Waals surface area (Å²) in [6.07, 6.45) is 3.59. The lowest BCUT2D eigenvalue weighted by Gasteiger charge is -2.04. The van der Waals surface area contributed by atoms with Crippen LogP contribution in [0.1, 0.15) is 11.1 Å². The minimum atomic E-state index is -0.888. The summed E-state index contributed by atoms with van der Waals surface area (Å²) >= 11 is 0. The first-order valence-electron chi connectivity index (χ1n) is 5.79. The minimum Gasteiger partial charge on any atom is -0.392 e. The van der Waals surface area contributed by atoms with Crippen LogP contribution < -0.4 is 0 Å². The highest BCUT2D eigenvalue weighted by Crippen LogP contribution is 2.07. The van der Waals surface area contributed by atoms with Crippen LogP contribution in [0.25, 0.3) is 0 Å². The van der Waals surface area contributed by atoms with Gasteiger partial charge < -0.3 is 5.11 Å². The zero-order chi connectivity index (χ0) is 12.8. The predicted molar refractivity (Wildman–Crippen MR) is 71.3 cm³/mol. The summed E-state index contributed by atoms with van der Waals surface area (Å²) in [5.74, 6) is 1.15. The van der Waals surface area contributed by atoms with E-state index in [4.69, 9.17) is 5.11 Å². The third-order valence-electron chi connectivity index (χ3n) is 2.64. The van der Waals surface area contributed by atoms with Gasteiger partial charge in [-0.25, -0.2) is 0 Å². The molecule has 18 heavy (non-hydrogen) atoms. The first-order valence-corrected chi connectivity index (χ1v) is 7.28. The van der Waals surface area contributed by atoms with Gasteiger partial charge in [-0.15, -0.1) is 0 Å². The summed E-state index contributed by atoms with van der Waals surface area (Å²) in [5, 5.41) is 13.0. The predicted octanol–water partition coefficient (Wildman–Crippen LogP) is 1.32. The molecule has 0 saturated heterocycles. The Morgan fingerprint density at radius 3 is 2.56 bits per heavy atom. The number of aromatic nitrogens is 2. The Hall–Kier alpha value is -1.46. The highest BCUT2D eigenvalue weighted by atomic mass is 32.2. The maximum absolute atomic E-state index is 11.9. The van der Waals surface area contributed by atoms with Crippen molar-refractivity contribution < 1.29 is 9.32 Å². The van der Waals surface area contributed by atoms with Crippen molar-refractivity contribution in [1.29, 1.82) is 0 Å². The molecule has 2 rings (SSSR count). The van der Waals surface area contributed by atoms with E-state index in [1.165, 1.54) is 0 Å². The van der Waals surface area contributed by atoms with Gasteiger partial charge in [0.1, 0.15) is 0 Å². The lowest BCUT2D eigenvalue weighted by molar-refractivity contribution is 0.282. The van der Waals surface area contributed by atoms with Gasteiger partial charge in [0.25, 0.3) is 0 Å².